The van der Waals surface area contributed by atoms with Crippen molar-refractivity contribution in [1.29, 1.82) is 0 Å². The number of hydrogen-bond acceptors (Lipinski definition) is 6. The highest BCUT2D eigenvalue weighted by Crippen LogP contribution is 2.28. The Balaban J connectivity index is 0.000000280. The molecular formula is C22H40O6. The van der Waals surface area contributed by atoms with Crippen LogP contribution >= 0.6 is 0 Å². The van der Waals surface area contributed by atoms with Gasteiger partial charge in [0.05, 0.1) is 37.3 Å². The summed E-state index contributed by atoms with van der Waals surface area (Å²) in [6.07, 6.45) is 8.40. The molecule has 6 heteroatoms. The molecule has 0 heterocycles. The molecule has 0 saturated heterocycles. The summed E-state index contributed by atoms with van der Waals surface area (Å²) in [5.41, 5.74) is 0. The molecule has 0 radical (unpaired) electrons. The lowest BCUT2D eigenvalue weighted by atomic mass is 9.87. The van der Waals surface area contributed by atoms with Gasteiger partial charge in [0.1, 0.15) is 0 Å². The second-order valence-electron chi connectivity index (χ2n) is 7.36. The number of ether oxygens (including phenoxy) is 4. The molecule has 0 aromatic carbocycles. The van der Waals surface area contributed by atoms with Gasteiger partial charge in [-0.1, -0.05) is 0 Å². The summed E-state index contributed by atoms with van der Waals surface area (Å²) in [5.74, 6) is 0.184. The molecule has 0 aromatic rings. The summed E-state index contributed by atoms with van der Waals surface area (Å²) in [6.45, 7) is 10.3. The zero-order valence-corrected chi connectivity index (χ0v) is 18.2. The number of esters is 2. The Kier molecular flexibility index (Phi) is 13.2. The van der Waals surface area contributed by atoms with E-state index in [-0.39, 0.29) is 23.8 Å². The van der Waals surface area contributed by atoms with Crippen molar-refractivity contribution in [2.24, 2.45) is 11.8 Å². The first-order valence-corrected chi connectivity index (χ1v) is 11.1. The highest BCUT2D eigenvalue weighted by atomic mass is 16.5. The fraction of sp³-hybridized carbons (Fsp3) is 0.909. The van der Waals surface area contributed by atoms with Crippen LogP contribution < -0.4 is 0 Å². The highest BCUT2D eigenvalue weighted by Gasteiger charge is 2.28. The molecule has 0 unspecified atom stereocenters. The first-order chi connectivity index (χ1) is 13.5. The van der Waals surface area contributed by atoms with Gasteiger partial charge in [0.15, 0.2) is 0 Å². The standard InChI is InChI=1S/2C11H20O3/c2*1-3-13-10-7-5-9(6-8-10)11(12)14-4-2/h2*9-10H,3-8H2,1-2H3. The van der Waals surface area contributed by atoms with E-state index in [1.54, 1.807) is 0 Å². The average molecular weight is 401 g/mol. The van der Waals surface area contributed by atoms with Crippen molar-refractivity contribution < 1.29 is 28.5 Å². The van der Waals surface area contributed by atoms with Crippen LogP contribution in [0.3, 0.4) is 0 Å². The molecule has 0 aromatic heterocycles. The van der Waals surface area contributed by atoms with Gasteiger partial charge >= 0.3 is 11.9 Å². The first-order valence-electron chi connectivity index (χ1n) is 11.1. The molecule has 0 spiro atoms. The Morgan fingerprint density at radius 2 is 0.893 bits per heavy atom. The predicted molar refractivity (Wildman–Crippen MR) is 108 cm³/mol. The zero-order chi connectivity index (χ0) is 20.8. The second-order valence-corrected chi connectivity index (χ2v) is 7.36. The van der Waals surface area contributed by atoms with E-state index in [1.165, 1.54) is 0 Å². The fourth-order valence-corrected chi connectivity index (χ4v) is 3.92. The van der Waals surface area contributed by atoms with Crippen LogP contribution in [0.25, 0.3) is 0 Å². The number of carbonyl (C=O) groups excluding carboxylic acids is 2. The van der Waals surface area contributed by atoms with Gasteiger partial charge in [0.25, 0.3) is 0 Å². The quantitative estimate of drug-likeness (QED) is 0.566. The topological polar surface area (TPSA) is 71.1 Å². The van der Waals surface area contributed by atoms with Crippen molar-refractivity contribution in [2.45, 2.75) is 91.3 Å². The van der Waals surface area contributed by atoms with Gasteiger partial charge in [-0.15, -0.1) is 0 Å². The Morgan fingerprint density at radius 1 is 0.571 bits per heavy atom. The lowest BCUT2D eigenvalue weighted by Gasteiger charge is -2.26. The summed E-state index contributed by atoms with van der Waals surface area (Å²) in [4.78, 5) is 22.8. The van der Waals surface area contributed by atoms with Gasteiger partial charge in [-0.25, -0.2) is 0 Å². The Labute approximate surface area is 170 Å². The summed E-state index contributed by atoms with van der Waals surface area (Å²) in [6, 6.07) is 0. The molecule has 0 bridgehead atoms. The van der Waals surface area contributed by atoms with E-state index in [2.05, 4.69) is 0 Å². The van der Waals surface area contributed by atoms with E-state index in [0.29, 0.717) is 25.4 Å². The maximum Gasteiger partial charge on any atom is 0.308 e. The Morgan fingerprint density at radius 3 is 1.14 bits per heavy atom. The van der Waals surface area contributed by atoms with Crippen LogP contribution in [-0.2, 0) is 28.5 Å². The molecule has 6 nitrogen and oxygen atoms in total. The molecule has 0 aliphatic heterocycles. The van der Waals surface area contributed by atoms with Crippen LogP contribution in [0.1, 0.15) is 79.1 Å². The largest absolute Gasteiger partial charge is 0.466 e. The molecule has 164 valence electrons. The SMILES string of the molecule is CCOC(=O)C1CCC(OCC)CC1.CCOC(=O)C1CCC(OCC)CC1. The van der Waals surface area contributed by atoms with Gasteiger partial charge in [-0.05, 0) is 79.1 Å². The van der Waals surface area contributed by atoms with Crippen LogP contribution in [0.4, 0.5) is 0 Å². The van der Waals surface area contributed by atoms with Gasteiger partial charge in [-0.3, -0.25) is 9.59 Å². The van der Waals surface area contributed by atoms with Crippen molar-refractivity contribution >= 4 is 11.9 Å². The third kappa shape index (κ3) is 9.37. The molecule has 0 atom stereocenters. The minimum Gasteiger partial charge on any atom is -0.466 e. The first kappa shape index (κ1) is 24.9. The molecule has 2 fully saturated rings. The normalized spacial score (nSPS) is 27.3. The monoisotopic (exact) mass is 400 g/mol. The average Bonchev–Trinajstić information content (AvgIpc) is 2.70. The van der Waals surface area contributed by atoms with Crippen LogP contribution in [0.5, 0.6) is 0 Å². The molecule has 0 N–H and O–H groups in total. The Hall–Kier alpha value is -1.14. The van der Waals surface area contributed by atoms with E-state index < -0.39 is 0 Å². The molecule has 2 rings (SSSR count). The molecular weight excluding hydrogens is 360 g/mol. The lowest BCUT2D eigenvalue weighted by molar-refractivity contribution is -0.151. The maximum absolute atomic E-state index is 11.4. The van der Waals surface area contributed by atoms with Crippen LogP contribution in [0.15, 0.2) is 0 Å². The minimum absolute atomic E-state index is 0.0255. The molecule has 0 amide bonds. The van der Waals surface area contributed by atoms with Gasteiger partial charge in [-0.2, -0.15) is 0 Å². The smallest absolute Gasteiger partial charge is 0.308 e. The summed E-state index contributed by atoms with van der Waals surface area (Å²) < 4.78 is 21.0. The van der Waals surface area contributed by atoms with Crippen molar-refractivity contribution in [2.75, 3.05) is 26.4 Å². The molecule has 2 aliphatic rings. The van der Waals surface area contributed by atoms with E-state index in [0.717, 1.165) is 64.6 Å². The zero-order valence-electron chi connectivity index (χ0n) is 18.2. The van der Waals surface area contributed by atoms with Crippen LogP contribution in [0, 0.1) is 11.8 Å². The van der Waals surface area contributed by atoms with E-state index in [4.69, 9.17) is 18.9 Å². The van der Waals surface area contributed by atoms with Crippen molar-refractivity contribution in [3.05, 3.63) is 0 Å². The van der Waals surface area contributed by atoms with Crippen LogP contribution in [0.2, 0.25) is 0 Å². The third-order valence-corrected chi connectivity index (χ3v) is 5.39. The molecule has 2 saturated carbocycles. The number of rotatable bonds is 8. The molecule has 28 heavy (non-hydrogen) atoms. The fourth-order valence-electron chi connectivity index (χ4n) is 3.92. The van der Waals surface area contributed by atoms with E-state index in [1.807, 2.05) is 27.7 Å². The van der Waals surface area contributed by atoms with Crippen molar-refractivity contribution in [3.63, 3.8) is 0 Å². The predicted octanol–water partition coefficient (Wildman–Crippen LogP) is 4.29. The van der Waals surface area contributed by atoms with Gasteiger partial charge in [0.2, 0.25) is 0 Å². The second kappa shape index (κ2) is 14.8. The number of hydrogen-bond donors (Lipinski definition) is 0. The summed E-state index contributed by atoms with van der Waals surface area (Å²) >= 11 is 0. The highest BCUT2D eigenvalue weighted by molar-refractivity contribution is 5.72. The minimum atomic E-state index is -0.0255. The van der Waals surface area contributed by atoms with E-state index >= 15 is 0 Å². The lowest BCUT2D eigenvalue weighted by Crippen LogP contribution is -2.27. The van der Waals surface area contributed by atoms with E-state index in [9.17, 15) is 9.59 Å². The Bertz CT molecular complexity index is 383. The summed E-state index contributed by atoms with van der Waals surface area (Å²) in [7, 11) is 0. The summed E-state index contributed by atoms with van der Waals surface area (Å²) in [5, 5.41) is 0. The van der Waals surface area contributed by atoms with Crippen molar-refractivity contribution in [3.8, 4) is 0 Å². The van der Waals surface area contributed by atoms with Gasteiger partial charge < -0.3 is 18.9 Å². The third-order valence-electron chi connectivity index (χ3n) is 5.39. The van der Waals surface area contributed by atoms with Crippen LogP contribution in [-0.4, -0.2) is 50.6 Å². The maximum atomic E-state index is 11.4. The van der Waals surface area contributed by atoms with Gasteiger partial charge in [0, 0.05) is 13.2 Å². The van der Waals surface area contributed by atoms with Crippen molar-refractivity contribution in [1.82, 2.24) is 0 Å². The number of carbonyl (C=O) groups is 2. The molecule has 2 aliphatic carbocycles.